The Bertz CT molecular complexity index is 996. The maximum atomic E-state index is 12.7. The van der Waals surface area contributed by atoms with Crippen molar-refractivity contribution in [3.8, 4) is 0 Å². The highest BCUT2D eigenvalue weighted by Gasteiger charge is 2.18. The average Bonchev–Trinajstić information content (AvgIpc) is 2.66. The number of ether oxygens (including phenoxy) is 1. The summed E-state index contributed by atoms with van der Waals surface area (Å²) >= 11 is 0. The number of esters is 1. The molecule has 0 radical (unpaired) electrons. The first kappa shape index (κ1) is 18.5. The molecule has 0 aliphatic heterocycles. The summed E-state index contributed by atoms with van der Waals surface area (Å²) in [6, 6.07) is 18.3. The number of benzene rings is 3. The van der Waals surface area contributed by atoms with Gasteiger partial charge in [0.05, 0.1) is 23.4 Å². The van der Waals surface area contributed by atoms with Gasteiger partial charge in [-0.25, -0.2) is 4.79 Å². The third-order valence-corrected chi connectivity index (χ3v) is 4.13. The summed E-state index contributed by atoms with van der Waals surface area (Å²) in [7, 11) is 0. The third-order valence-electron chi connectivity index (χ3n) is 4.13. The molecule has 3 aromatic carbocycles. The summed E-state index contributed by atoms with van der Waals surface area (Å²) in [4.78, 5) is 24.9. The van der Waals surface area contributed by atoms with Crippen LogP contribution in [-0.4, -0.2) is 18.5 Å². The van der Waals surface area contributed by atoms with Gasteiger partial charge in [-0.2, -0.15) is 0 Å². The fraction of sp³-hybridized carbons (Fsp3) is 0.182. The van der Waals surface area contributed by atoms with Gasteiger partial charge in [-0.3, -0.25) is 4.79 Å². The second-order valence-electron chi connectivity index (χ2n) is 6.78. The lowest BCUT2D eigenvalue weighted by atomic mass is 10.1. The monoisotopic (exact) mass is 362 g/mol. The highest BCUT2D eigenvalue weighted by molar-refractivity contribution is 6.11. The lowest BCUT2D eigenvalue weighted by Crippen LogP contribution is -2.18. The standard InChI is InChI=1S/C22H22N2O3/c1-14(2)13-27-22(26)19-9-5-8-18(20(19)23)21(25)24-17-11-10-15-6-3-4-7-16(15)12-17/h3-12,14H,13,23H2,1-2H3,(H,24,25). The van der Waals surface area contributed by atoms with Gasteiger partial charge in [0.15, 0.2) is 0 Å². The highest BCUT2D eigenvalue weighted by Crippen LogP contribution is 2.22. The van der Waals surface area contributed by atoms with E-state index in [1.807, 2.05) is 56.3 Å². The molecule has 5 heteroatoms. The number of amides is 1. The topological polar surface area (TPSA) is 81.4 Å². The van der Waals surface area contributed by atoms with E-state index in [2.05, 4.69) is 5.32 Å². The molecule has 5 nitrogen and oxygen atoms in total. The zero-order valence-corrected chi connectivity index (χ0v) is 15.4. The van der Waals surface area contributed by atoms with Crippen LogP contribution in [-0.2, 0) is 4.74 Å². The van der Waals surface area contributed by atoms with Crippen molar-refractivity contribution in [3.63, 3.8) is 0 Å². The van der Waals surface area contributed by atoms with Gasteiger partial charge in [0, 0.05) is 5.69 Å². The Morgan fingerprint density at radius 1 is 0.963 bits per heavy atom. The SMILES string of the molecule is CC(C)COC(=O)c1cccc(C(=O)Nc2ccc3ccccc3c2)c1N. The lowest BCUT2D eigenvalue weighted by Gasteiger charge is -2.12. The Morgan fingerprint density at radius 2 is 1.67 bits per heavy atom. The number of carbonyl (C=O) groups excluding carboxylic acids is 2. The molecule has 3 aromatic rings. The number of fused-ring (bicyclic) bond motifs is 1. The molecule has 0 saturated carbocycles. The normalized spacial score (nSPS) is 10.8. The predicted molar refractivity (Wildman–Crippen MR) is 108 cm³/mol. The first-order chi connectivity index (χ1) is 13.0. The van der Waals surface area contributed by atoms with Crippen molar-refractivity contribution in [3.05, 3.63) is 71.8 Å². The molecule has 0 fully saturated rings. The number of nitrogen functional groups attached to an aromatic ring is 1. The lowest BCUT2D eigenvalue weighted by molar-refractivity contribution is 0.0460. The number of carbonyl (C=O) groups is 2. The van der Waals surface area contributed by atoms with Crippen LogP contribution in [0.2, 0.25) is 0 Å². The Morgan fingerprint density at radius 3 is 2.41 bits per heavy atom. The zero-order chi connectivity index (χ0) is 19.4. The van der Waals surface area contributed by atoms with Crippen LogP contribution in [0.15, 0.2) is 60.7 Å². The molecule has 0 heterocycles. The average molecular weight is 362 g/mol. The highest BCUT2D eigenvalue weighted by atomic mass is 16.5. The quantitative estimate of drug-likeness (QED) is 0.518. The molecule has 0 aliphatic carbocycles. The maximum absolute atomic E-state index is 12.7. The smallest absolute Gasteiger partial charge is 0.340 e. The summed E-state index contributed by atoms with van der Waals surface area (Å²) in [6.07, 6.45) is 0. The molecule has 0 aromatic heterocycles. The summed E-state index contributed by atoms with van der Waals surface area (Å²) in [6.45, 7) is 4.19. The van der Waals surface area contributed by atoms with Gasteiger partial charge in [-0.05, 0) is 41.0 Å². The van der Waals surface area contributed by atoms with Crippen molar-refractivity contribution in [1.82, 2.24) is 0 Å². The van der Waals surface area contributed by atoms with Crippen molar-refractivity contribution < 1.29 is 14.3 Å². The number of anilines is 2. The van der Waals surface area contributed by atoms with Crippen LogP contribution in [0.5, 0.6) is 0 Å². The maximum Gasteiger partial charge on any atom is 0.340 e. The summed E-state index contributed by atoms with van der Waals surface area (Å²) in [5, 5.41) is 4.95. The number of para-hydroxylation sites is 1. The van der Waals surface area contributed by atoms with Crippen LogP contribution < -0.4 is 11.1 Å². The van der Waals surface area contributed by atoms with Gasteiger partial charge in [0.2, 0.25) is 0 Å². The summed E-state index contributed by atoms with van der Waals surface area (Å²) < 4.78 is 5.22. The van der Waals surface area contributed by atoms with Gasteiger partial charge >= 0.3 is 5.97 Å². The molecular weight excluding hydrogens is 340 g/mol. The number of rotatable bonds is 5. The third kappa shape index (κ3) is 4.26. The van der Waals surface area contributed by atoms with Crippen LogP contribution >= 0.6 is 0 Å². The fourth-order valence-corrected chi connectivity index (χ4v) is 2.73. The molecule has 138 valence electrons. The largest absolute Gasteiger partial charge is 0.462 e. The second-order valence-corrected chi connectivity index (χ2v) is 6.78. The molecule has 0 unspecified atom stereocenters. The van der Waals surface area contributed by atoms with Crippen LogP contribution in [0.25, 0.3) is 10.8 Å². The van der Waals surface area contributed by atoms with Crippen molar-refractivity contribution in [2.45, 2.75) is 13.8 Å². The minimum atomic E-state index is -0.526. The zero-order valence-electron chi connectivity index (χ0n) is 15.4. The number of hydrogen-bond acceptors (Lipinski definition) is 4. The Balaban J connectivity index is 1.81. The molecule has 3 rings (SSSR count). The minimum absolute atomic E-state index is 0.115. The molecule has 3 N–H and O–H groups in total. The van der Waals surface area contributed by atoms with E-state index in [0.717, 1.165) is 10.8 Å². The van der Waals surface area contributed by atoms with Gasteiger partial charge in [0.25, 0.3) is 5.91 Å². The number of nitrogens with two attached hydrogens (primary N) is 1. The molecule has 0 saturated heterocycles. The molecule has 0 aliphatic rings. The Hall–Kier alpha value is -3.34. The molecule has 0 atom stereocenters. The Kier molecular flexibility index (Phi) is 5.41. The van der Waals surface area contributed by atoms with Crippen molar-refractivity contribution >= 4 is 34.0 Å². The molecule has 1 amide bonds. The molecular formula is C22H22N2O3. The van der Waals surface area contributed by atoms with E-state index < -0.39 is 5.97 Å². The van der Waals surface area contributed by atoms with Crippen LogP contribution in [0.4, 0.5) is 11.4 Å². The van der Waals surface area contributed by atoms with Crippen molar-refractivity contribution in [2.24, 2.45) is 5.92 Å². The van der Waals surface area contributed by atoms with Crippen LogP contribution in [0.3, 0.4) is 0 Å². The number of hydrogen-bond donors (Lipinski definition) is 2. The fourth-order valence-electron chi connectivity index (χ4n) is 2.73. The summed E-state index contributed by atoms with van der Waals surface area (Å²) in [5.74, 6) is -0.683. The van der Waals surface area contributed by atoms with Gasteiger partial charge in [-0.15, -0.1) is 0 Å². The minimum Gasteiger partial charge on any atom is -0.462 e. The van der Waals surface area contributed by atoms with Crippen LogP contribution in [0, 0.1) is 5.92 Å². The van der Waals surface area contributed by atoms with E-state index in [4.69, 9.17) is 10.5 Å². The van der Waals surface area contributed by atoms with E-state index in [9.17, 15) is 9.59 Å². The van der Waals surface area contributed by atoms with Gasteiger partial charge < -0.3 is 15.8 Å². The first-order valence-electron chi connectivity index (χ1n) is 8.81. The van der Waals surface area contributed by atoms with E-state index >= 15 is 0 Å². The van der Waals surface area contributed by atoms with E-state index in [0.29, 0.717) is 12.3 Å². The van der Waals surface area contributed by atoms with Crippen molar-refractivity contribution in [1.29, 1.82) is 0 Å². The van der Waals surface area contributed by atoms with E-state index in [1.54, 1.807) is 18.2 Å². The molecule has 0 spiro atoms. The Labute approximate surface area is 158 Å². The second kappa shape index (κ2) is 7.91. The van der Waals surface area contributed by atoms with Crippen molar-refractivity contribution in [2.75, 3.05) is 17.7 Å². The van der Waals surface area contributed by atoms with Gasteiger partial charge in [-0.1, -0.05) is 50.2 Å². The molecule has 0 bridgehead atoms. The summed E-state index contributed by atoms with van der Waals surface area (Å²) in [5.41, 5.74) is 7.28. The first-order valence-corrected chi connectivity index (χ1v) is 8.81. The molecule has 27 heavy (non-hydrogen) atoms. The van der Waals surface area contributed by atoms with E-state index in [1.165, 1.54) is 0 Å². The van der Waals surface area contributed by atoms with Crippen LogP contribution in [0.1, 0.15) is 34.6 Å². The number of nitrogens with one attached hydrogen (secondary N) is 1. The van der Waals surface area contributed by atoms with E-state index in [-0.39, 0.29) is 28.6 Å². The van der Waals surface area contributed by atoms with Gasteiger partial charge in [0.1, 0.15) is 0 Å². The predicted octanol–water partition coefficient (Wildman–Crippen LogP) is 4.49.